The highest BCUT2D eigenvalue weighted by molar-refractivity contribution is 7.89. The molecule has 0 bridgehead atoms. The van der Waals surface area contributed by atoms with Gasteiger partial charge in [-0.15, -0.1) is 0 Å². The summed E-state index contributed by atoms with van der Waals surface area (Å²) in [7, 11) is -3.70. The topological polar surface area (TPSA) is 111 Å². The molecule has 9 nitrogen and oxygen atoms in total. The van der Waals surface area contributed by atoms with Crippen LogP contribution in [-0.4, -0.2) is 54.1 Å². The molecule has 1 saturated heterocycles. The first kappa shape index (κ1) is 23.9. The van der Waals surface area contributed by atoms with Crippen LogP contribution in [0.25, 0.3) is 0 Å². The smallest absolute Gasteiger partial charge is 0.338 e. The maximum Gasteiger partial charge on any atom is 0.338 e. The maximum atomic E-state index is 13.0. The lowest BCUT2D eigenvalue weighted by molar-refractivity contribution is -0.121. The van der Waals surface area contributed by atoms with Crippen molar-refractivity contribution in [3.8, 4) is 0 Å². The van der Waals surface area contributed by atoms with Crippen molar-refractivity contribution in [2.45, 2.75) is 51.0 Å². The molecule has 174 valence electrons. The van der Waals surface area contributed by atoms with Crippen LogP contribution in [0, 0.1) is 5.92 Å². The second kappa shape index (κ2) is 10.7. The number of amides is 1. The number of nitrogens with one attached hydrogen (secondary N) is 1. The Labute approximate surface area is 188 Å². The third-order valence-electron chi connectivity index (χ3n) is 5.52. The number of sulfonamides is 1. The zero-order valence-electron chi connectivity index (χ0n) is 18.5. The number of aryl methyl sites for hydroxylation is 1. The van der Waals surface area contributed by atoms with E-state index < -0.39 is 16.0 Å². The van der Waals surface area contributed by atoms with Crippen molar-refractivity contribution in [2.24, 2.45) is 5.92 Å². The normalized spacial score (nSPS) is 15.4. The van der Waals surface area contributed by atoms with E-state index >= 15 is 0 Å². The van der Waals surface area contributed by atoms with Crippen LogP contribution < -0.4 is 5.32 Å². The van der Waals surface area contributed by atoms with Crippen molar-refractivity contribution in [3.05, 3.63) is 42.1 Å². The lowest BCUT2D eigenvalue weighted by Gasteiger charge is -2.30. The molecular formula is C22H30N4O5S. The second-order valence-electron chi connectivity index (χ2n) is 7.71. The fourth-order valence-corrected chi connectivity index (χ4v) is 5.11. The summed E-state index contributed by atoms with van der Waals surface area (Å²) in [5.41, 5.74) is 0.305. The average Bonchev–Trinajstić information content (AvgIpc) is 3.24. The summed E-state index contributed by atoms with van der Waals surface area (Å²) < 4.78 is 34.0. The molecule has 1 aliphatic heterocycles. The van der Waals surface area contributed by atoms with E-state index in [0.29, 0.717) is 24.2 Å². The number of carbonyl (C=O) groups is 2. The van der Waals surface area contributed by atoms with E-state index in [1.54, 1.807) is 23.9 Å². The van der Waals surface area contributed by atoms with Gasteiger partial charge in [0.25, 0.3) is 0 Å². The molecule has 32 heavy (non-hydrogen) atoms. The van der Waals surface area contributed by atoms with Crippen LogP contribution in [0.15, 0.2) is 41.4 Å². The molecule has 1 aliphatic rings. The Morgan fingerprint density at radius 1 is 1.12 bits per heavy atom. The van der Waals surface area contributed by atoms with Gasteiger partial charge in [-0.05, 0) is 50.5 Å². The molecule has 1 amide bonds. The number of aromatic nitrogens is 2. The standard InChI is InChI=1S/C22H30N4O5S/c1-3-5-14-26-20(10-13-23-26)24-21(27)17-11-15-25(16-12-17)32(29,30)19-8-6-18(7-9-19)22(28)31-4-2/h6-10,13,17H,3-5,11-12,14-16H2,1-2H3,(H,24,27). The fourth-order valence-electron chi connectivity index (χ4n) is 3.64. The third-order valence-corrected chi connectivity index (χ3v) is 7.43. The zero-order valence-corrected chi connectivity index (χ0v) is 19.3. The fraction of sp³-hybridized carbons (Fsp3) is 0.500. The Hall–Kier alpha value is -2.72. The monoisotopic (exact) mass is 462 g/mol. The lowest BCUT2D eigenvalue weighted by atomic mass is 9.97. The van der Waals surface area contributed by atoms with E-state index in [-0.39, 0.29) is 36.4 Å². The number of nitrogens with zero attached hydrogens (tertiary/aromatic N) is 3. The van der Waals surface area contributed by atoms with Crippen molar-refractivity contribution in [3.63, 3.8) is 0 Å². The predicted molar refractivity (Wildman–Crippen MR) is 120 cm³/mol. The number of rotatable bonds is 9. The molecule has 0 spiro atoms. The van der Waals surface area contributed by atoms with E-state index in [9.17, 15) is 18.0 Å². The third kappa shape index (κ3) is 5.55. The number of anilines is 1. The molecule has 0 radical (unpaired) electrons. The van der Waals surface area contributed by atoms with Gasteiger partial charge in [-0.2, -0.15) is 9.40 Å². The van der Waals surface area contributed by atoms with Gasteiger partial charge in [0.15, 0.2) is 0 Å². The van der Waals surface area contributed by atoms with Gasteiger partial charge < -0.3 is 10.1 Å². The number of esters is 1. The van der Waals surface area contributed by atoms with Crippen molar-refractivity contribution in [1.82, 2.24) is 14.1 Å². The number of hydrogen-bond donors (Lipinski definition) is 1. The molecule has 0 atom stereocenters. The van der Waals surface area contributed by atoms with Gasteiger partial charge >= 0.3 is 5.97 Å². The van der Waals surface area contributed by atoms with Crippen LogP contribution in [0.1, 0.15) is 49.9 Å². The number of benzene rings is 1. The van der Waals surface area contributed by atoms with Gasteiger partial charge in [0.05, 0.1) is 23.3 Å². The Bertz CT molecular complexity index is 1020. The molecule has 3 rings (SSSR count). The molecule has 2 heterocycles. The van der Waals surface area contributed by atoms with Gasteiger partial charge in [0, 0.05) is 31.6 Å². The minimum absolute atomic E-state index is 0.112. The van der Waals surface area contributed by atoms with Crippen molar-refractivity contribution in [2.75, 3.05) is 25.0 Å². The Balaban J connectivity index is 1.58. The van der Waals surface area contributed by atoms with Crippen molar-refractivity contribution >= 4 is 27.7 Å². The van der Waals surface area contributed by atoms with Crippen LogP contribution in [-0.2, 0) is 26.1 Å². The summed E-state index contributed by atoms with van der Waals surface area (Å²) in [6, 6.07) is 7.50. The number of carbonyl (C=O) groups excluding carboxylic acids is 2. The predicted octanol–water partition coefficient (Wildman–Crippen LogP) is 2.90. The van der Waals surface area contributed by atoms with Gasteiger partial charge in [-0.25, -0.2) is 17.9 Å². The van der Waals surface area contributed by atoms with Gasteiger partial charge in [0.1, 0.15) is 5.82 Å². The van der Waals surface area contributed by atoms with Crippen LogP contribution in [0.5, 0.6) is 0 Å². The Morgan fingerprint density at radius 3 is 2.44 bits per heavy atom. The molecule has 1 aromatic carbocycles. The summed E-state index contributed by atoms with van der Waals surface area (Å²) in [5.74, 6) is -0.194. The highest BCUT2D eigenvalue weighted by Crippen LogP contribution is 2.25. The number of ether oxygens (including phenoxy) is 1. The molecule has 1 aromatic heterocycles. The van der Waals surface area contributed by atoms with Crippen LogP contribution in [0.4, 0.5) is 5.82 Å². The molecule has 1 fully saturated rings. The number of unbranched alkanes of at least 4 members (excludes halogenated alkanes) is 1. The zero-order chi connectivity index (χ0) is 23.1. The molecule has 0 saturated carbocycles. The lowest BCUT2D eigenvalue weighted by Crippen LogP contribution is -2.41. The largest absolute Gasteiger partial charge is 0.462 e. The molecule has 0 aliphatic carbocycles. The number of piperidine rings is 1. The highest BCUT2D eigenvalue weighted by atomic mass is 32.2. The molecular weight excluding hydrogens is 432 g/mol. The van der Waals surface area contributed by atoms with Crippen molar-refractivity contribution in [1.29, 1.82) is 0 Å². The summed E-state index contributed by atoms with van der Waals surface area (Å²) in [4.78, 5) is 24.6. The first-order valence-corrected chi connectivity index (χ1v) is 12.4. The van der Waals surface area contributed by atoms with Gasteiger partial charge in [-0.3, -0.25) is 4.79 Å². The van der Waals surface area contributed by atoms with Crippen LogP contribution in [0.3, 0.4) is 0 Å². The van der Waals surface area contributed by atoms with E-state index in [1.807, 2.05) is 0 Å². The minimum Gasteiger partial charge on any atom is -0.462 e. The molecule has 2 aromatic rings. The van der Waals surface area contributed by atoms with Gasteiger partial charge in [0.2, 0.25) is 15.9 Å². The summed E-state index contributed by atoms with van der Waals surface area (Å²) in [6.07, 6.45) is 4.55. The number of hydrogen-bond acceptors (Lipinski definition) is 6. The summed E-state index contributed by atoms with van der Waals surface area (Å²) in [5, 5.41) is 7.17. The van der Waals surface area contributed by atoms with E-state index in [1.165, 1.54) is 28.6 Å². The van der Waals surface area contributed by atoms with Crippen molar-refractivity contribution < 1.29 is 22.7 Å². The molecule has 1 N–H and O–H groups in total. The van der Waals surface area contributed by atoms with Crippen LogP contribution in [0.2, 0.25) is 0 Å². The Kier molecular flexibility index (Phi) is 8.03. The minimum atomic E-state index is -3.70. The first-order valence-electron chi connectivity index (χ1n) is 11.0. The highest BCUT2D eigenvalue weighted by Gasteiger charge is 2.32. The van der Waals surface area contributed by atoms with E-state index in [4.69, 9.17) is 4.74 Å². The maximum absolute atomic E-state index is 13.0. The quantitative estimate of drug-likeness (QED) is 0.574. The summed E-state index contributed by atoms with van der Waals surface area (Å²) >= 11 is 0. The second-order valence-corrected chi connectivity index (χ2v) is 9.64. The van der Waals surface area contributed by atoms with E-state index in [2.05, 4.69) is 17.3 Å². The SMILES string of the molecule is CCCCn1nccc1NC(=O)C1CCN(S(=O)(=O)c2ccc(C(=O)OCC)cc2)CC1. The average molecular weight is 463 g/mol. The first-order chi connectivity index (χ1) is 15.4. The summed E-state index contributed by atoms with van der Waals surface area (Å²) in [6.45, 7) is 5.32. The van der Waals surface area contributed by atoms with E-state index in [0.717, 1.165) is 19.4 Å². The molecule has 0 unspecified atom stereocenters. The van der Waals surface area contributed by atoms with Crippen LogP contribution >= 0.6 is 0 Å². The molecule has 10 heteroatoms. The van der Waals surface area contributed by atoms with Gasteiger partial charge in [-0.1, -0.05) is 13.3 Å². The Morgan fingerprint density at radius 2 is 1.81 bits per heavy atom.